The van der Waals surface area contributed by atoms with Gasteiger partial charge in [-0.2, -0.15) is 0 Å². The molecule has 132 valence electrons. The van der Waals surface area contributed by atoms with Gasteiger partial charge in [0.2, 0.25) is 0 Å². The van der Waals surface area contributed by atoms with Crippen molar-refractivity contribution in [1.29, 1.82) is 0 Å². The highest BCUT2D eigenvalue weighted by molar-refractivity contribution is 5.94. The van der Waals surface area contributed by atoms with E-state index in [0.717, 1.165) is 12.8 Å². The molecule has 2 atom stereocenters. The van der Waals surface area contributed by atoms with E-state index in [-0.39, 0.29) is 30.5 Å². The van der Waals surface area contributed by atoms with E-state index in [4.69, 9.17) is 4.74 Å². The average Bonchev–Trinajstić information content (AvgIpc) is 2.58. The first-order chi connectivity index (χ1) is 11.4. The Hall–Kier alpha value is -2.04. The Morgan fingerprint density at radius 2 is 1.92 bits per heavy atom. The first-order valence-electron chi connectivity index (χ1n) is 8.73. The molecular formula is C19H28N2O3. The van der Waals surface area contributed by atoms with Crippen LogP contribution in [0.15, 0.2) is 24.3 Å². The van der Waals surface area contributed by atoms with Crippen molar-refractivity contribution < 1.29 is 14.3 Å². The minimum Gasteiger partial charge on any atom is -0.484 e. The van der Waals surface area contributed by atoms with E-state index < -0.39 is 0 Å². The lowest BCUT2D eigenvalue weighted by Crippen LogP contribution is -2.49. The van der Waals surface area contributed by atoms with Gasteiger partial charge in [-0.25, -0.2) is 0 Å². The van der Waals surface area contributed by atoms with Gasteiger partial charge in [-0.3, -0.25) is 9.59 Å². The molecule has 1 aromatic carbocycles. The Morgan fingerprint density at radius 1 is 1.25 bits per heavy atom. The van der Waals surface area contributed by atoms with Crippen LogP contribution in [0.3, 0.4) is 0 Å². The van der Waals surface area contributed by atoms with Gasteiger partial charge in [-0.1, -0.05) is 6.07 Å². The summed E-state index contributed by atoms with van der Waals surface area (Å²) < 4.78 is 5.66. The van der Waals surface area contributed by atoms with Crippen LogP contribution in [0.2, 0.25) is 0 Å². The van der Waals surface area contributed by atoms with Crippen LogP contribution in [0.4, 0.5) is 0 Å². The Morgan fingerprint density at radius 3 is 2.54 bits per heavy atom. The summed E-state index contributed by atoms with van der Waals surface area (Å²) in [5, 5.41) is 0. The summed E-state index contributed by atoms with van der Waals surface area (Å²) in [5.41, 5.74) is 0.573. The third kappa shape index (κ3) is 4.28. The summed E-state index contributed by atoms with van der Waals surface area (Å²) in [6.07, 6.45) is 3.26. The van der Waals surface area contributed by atoms with Gasteiger partial charge in [0.25, 0.3) is 11.8 Å². The van der Waals surface area contributed by atoms with E-state index in [1.54, 1.807) is 36.2 Å². The highest BCUT2D eigenvalue weighted by Gasteiger charge is 2.29. The number of rotatable bonds is 5. The Bertz CT molecular complexity index is 578. The zero-order chi connectivity index (χ0) is 17.7. The lowest BCUT2D eigenvalue weighted by molar-refractivity contribution is -0.139. The van der Waals surface area contributed by atoms with Crippen LogP contribution in [0.25, 0.3) is 0 Å². The molecule has 1 fully saturated rings. The molecule has 1 aromatic rings. The molecule has 0 spiro atoms. The summed E-state index contributed by atoms with van der Waals surface area (Å²) in [6, 6.07) is 7.54. The predicted molar refractivity (Wildman–Crippen MR) is 94.2 cm³/mol. The first-order valence-corrected chi connectivity index (χ1v) is 8.73. The van der Waals surface area contributed by atoms with Gasteiger partial charge in [0.05, 0.1) is 0 Å². The maximum Gasteiger partial charge on any atom is 0.260 e. The molecule has 2 amide bonds. The second-order valence-electron chi connectivity index (χ2n) is 6.57. The molecule has 1 aliphatic heterocycles. The van der Waals surface area contributed by atoms with E-state index in [1.807, 2.05) is 11.8 Å². The molecule has 24 heavy (non-hydrogen) atoms. The summed E-state index contributed by atoms with van der Waals surface area (Å²) in [6.45, 7) is 6.77. The maximum absolute atomic E-state index is 12.5. The van der Waals surface area contributed by atoms with Crippen LogP contribution in [-0.2, 0) is 4.79 Å². The molecule has 0 aliphatic carbocycles. The van der Waals surface area contributed by atoms with Crippen molar-refractivity contribution in [1.82, 2.24) is 9.80 Å². The quantitative estimate of drug-likeness (QED) is 0.833. The highest BCUT2D eigenvalue weighted by atomic mass is 16.5. The molecule has 0 saturated carbocycles. The second kappa shape index (κ2) is 8.18. The highest BCUT2D eigenvalue weighted by Crippen LogP contribution is 2.23. The Kier molecular flexibility index (Phi) is 6.23. The third-order valence-corrected chi connectivity index (χ3v) is 4.75. The normalized spacial score (nSPS) is 20.6. The first kappa shape index (κ1) is 18.3. The van der Waals surface area contributed by atoms with Crippen molar-refractivity contribution in [3.63, 3.8) is 0 Å². The number of hydrogen-bond donors (Lipinski definition) is 0. The minimum absolute atomic E-state index is 0.00986. The van der Waals surface area contributed by atoms with Crippen molar-refractivity contribution in [2.45, 2.75) is 52.1 Å². The molecular weight excluding hydrogens is 304 g/mol. The van der Waals surface area contributed by atoms with E-state index in [1.165, 1.54) is 6.42 Å². The summed E-state index contributed by atoms with van der Waals surface area (Å²) in [4.78, 5) is 28.3. The lowest BCUT2D eigenvalue weighted by Gasteiger charge is -2.38. The lowest BCUT2D eigenvalue weighted by atomic mass is 9.97. The molecule has 5 heteroatoms. The van der Waals surface area contributed by atoms with E-state index in [9.17, 15) is 9.59 Å². The van der Waals surface area contributed by atoms with Gasteiger partial charge >= 0.3 is 0 Å². The molecule has 0 aromatic heterocycles. The Labute approximate surface area is 144 Å². The monoisotopic (exact) mass is 332 g/mol. The fraction of sp³-hybridized carbons (Fsp3) is 0.579. The van der Waals surface area contributed by atoms with E-state index >= 15 is 0 Å². The molecule has 2 unspecified atom stereocenters. The minimum atomic E-state index is -0.0486. The number of hydrogen-bond acceptors (Lipinski definition) is 3. The van der Waals surface area contributed by atoms with Crippen LogP contribution >= 0.6 is 0 Å². The molecule has 1 heterocycles. The van der Waals surface area contributed by atoms with Crippen LogP contribution in [0, 0.1) is 0 Å². The van der Waals surface area contributed by atoms with Gasteiger partial charge < -0.3 is 14.5 Å². The molecule has 0 N–H and O–H groups in total. The standard InChI is InChI=1S/C19H28N2O3/c1-5-20(4)19(23)16-10-7-11-17(12-16)24-13-18(22)21-14(2)8-6-9-15(21)3/h7,10-12,14-15H,5-6,8-9,13H2,1-4H3. The van der Waals surface area contributed by atoms with Crippen molar-refractivity contribution >= 4 is 11.8 Å². The summed E-state index contributed by atoms with van der Waals surface area (Å²) in [5.74, 6) is 0.515. The molecule has 0 bridgehead atoms. The van der Waals surface area contributed by atoms with Gasteiger partial charge in [0.1, 0.15) is 5.75 Å². The van der Waals surface area contributed by atoms with Gasteiger partial charge in [-0.15, -0.1) is 0 Å². The fourth-order valence-corrected chi connectivity index (χ4v) is 3.22. The zero-order valence-electron chi connectivity index (χ0n) is 15.1. The van der Waals surface area contributed by atoms with Crippen molar-refractivity contribution in [2.75, 3.05) is 20.2 Å². The zero-order valence-corrected chi connectivity index (χ0v) is 15.1. The number of likely N-dealkylation sites (tertiary alicyclic amines) is 1. The number of benzene rings is 1. The van der Waals surface area contributed by atoms with E-state index in [0.29, 0.717) is 17.9 Å². The van der Waals surface area contributed by atoms with Gasteiger partial charge in [-0.05, 0) is 58.2 Å². The SMILES string of the molecule is CCN(C)C(=O)c1cccc(OCC(=O)N2C(C)CCCC2C)c1. The number of carbonyl (C=O) groups is 2. The number of piperidine rings is 1. The summed E-state index contributed by atoms with van der Waals surface area (Å²) in [7, 11) is 1.76. The number of nitrogens with zero attached hydrogens (tertiary/aromatic N) is 2. The third-order valence-electron chi connectivity index (χ3n) is 4.75. The smallest absolute Gasteiger partial charge is 0.260 e. The largest absolute Gasteiger partial charge is 0.484 e. The topological polar surface area (TPSA) is 49.9 Å². The maximum atomic E-state index is 12.5. The molecule has 2 rings (SSSR count). The molecule has 5 nitrogen and oxygen atoms in total. The fourth-order valence-electron chi connectivity index (χ4n) is 3.22. The average molecular weight is 332 g/mol. The number of ether oxygens (including phenoxy) is 1. The Balaban J connectivity index is 1.99. The number of carbonyl (C=O) groups excluding carboxylic acids is 2. The van der Waals surface area contributed by atoms with Crippen LogP contribution in [-0.4, -0.2) is 53.9 Å². The van der Waals surface area contributed by atoms with Crippen LogP contribution in [0.1, 0.15) is 50.4 Å². The van der Waals surface area contributed by atoms with Crippen LogP contribution < -0.4 is 4.74 Å². The van der Waals surface area contributed by atoms with Crippen molar-refractivity contribution in [3.8, 4) is 5.75 Å². The second-order valence-corrected chi connectivity index (χ2v) is 6.57. The van der Waals surface area contributed by atoms with Gasteiger partial charge in [0, 0.05) is 31.2 Å². The predicted octanol–water partition coefficient (Wildman–Crippen LogP) is 2.95. The molecule has 1 saturated heterocycles. The number of amides is 2. The van der Waals surface area contributed by atoms with Crippen molar-refractivity contribution in [2.24, 2.45) is 0 Å². The van der Waals surface area contributed by atoms with Crippen LogP contribution in [0.5, 0.6) is 5.75 Å². The van der Waals surface area contributed by atoms with Gasteiger partial charge in [0.15, 0.2) is 6.61 Å². The van der Waals surface area contributed by atoms with E-state index in [2.05, 4.69) is 13.8 Å². The van der Waals surface area contributed by atoms with Crippen molar-refractivity contribution in [3.05, 3.63) is 29.8 Å². The molecule has 1 aliphatic rings. The summed E-state index contributed by atoms with van der Waals surface area (Å²) >= 11 is 0. The molecule has 0 radical (unpaired) electrons.